The summed E-state index contributed by atoms with van der Waals surface area (Å²) < 4.78 is 69.9. The molecule has 1 aliphatic rings. The fourth-order valence-electron chi connectivity index (χ4n) is 3.19. The van der Waals surface area contributed by atoms with Crippen LogP contribution in [0, 0.1) is 21.0 Å². The van der Waals surface area contributed by atoms with Crippen LogP contribution in [0.4, 0.5) is 18.9 Å². The Labute approximate surface area is 180 Å². The summed E-state index contributed by atoms with van der Waals surface area (Å²) in [5.41, 5.74) is -0.411. The van der Waals surface area contributed by atoms with Gasteiger partial charge in [0.25, 0.3) is 0 Å². The molecule has 1 atom stereocenters. The van der Waals surface area contributed by atoms with E-state index in [1.807, 2.05) is 22.6 Å². The SMILES string of the molecule is O=S(=O)(Nc1ccc(F)c(F)c1Cc1ccc(I)cc1F)C1(C[C@H](O)CO)CC1. The molecular weight excluding hydrogens is 522 g/mol. The monoisotopic (exact) mass is 541 g/mol. The van der Waals surface area contributed by atoms with Crippen molar-refractivity contribution < 1.29 is 31.8 Å². The molecule has 0 unspecified atom stereocenters. The second-order valence-corrected chi connectivity index (χ2v) is 10.5. The van der Waals surface area contributed by atoms with Crippen molar-refractivity contribution in [2.75, 3.05) is 11.3 Å². The van der Waals surface area contributed by atoms with E-state index in [-0.39, 0.29) is 42.5 Å². The predicted molar refractivity (Wildman–Crippen MR) is 110 cm³/mol. The summed E-state index contributed by atoms with van der Waals surface area (Å²) in [6.45, 7) is -0.584. The van der Waals surface area contributed by atoms with Gasteiger partial charge in [0, 0.05) is 15.6 Å². The normalized spacial score (nSPS) is 16.5. The summed E-state index contributed by atoms with van der Waals surface area (Å²) in [5.74, 6) is -3.05. The maximum atomic E-state index is 14.5. The Hall–Kier alpha value is -1.37. The molecule has 5 nitrogen and oxygen atoms in total. The molecule has 158 valence electrons. The number of nitrogens with one attached hydrogen (secondary N) is 1. The van der Waals surface area contributed by atoms with E-state index in [1.54, 1.807) is 6.07 Å². The van der Waals surface area contributed by atoms with Gasteiger partial charge >= 0.3 is 0 Å². The second-order valence-electron chi connectivity index (χ2n) is 7.13. The molecular formula is C19H19F3INO4S. The van der Waals surface area contributed by atoms with Crippen molar-refractivity contribution in [1.82, 2.24) is 0 Å². The summed E-state index contributed by atoms with van der Waals surface area (Å²) in [6, 6.07) is 6.17. The lowest BCUT2D eigenvalue weighted by Gasteiger charge is -2.21. The first-order valence-corrected chi connectivity index (χ1v) is 11.4. The van der Waals surface area contributed by atoms with E-state index in [0.29, 0.717) is 3.57 Å². The van der Waals surface area contributed by atoms with E-state index in [0.717, 1.165) is 12.1 Å². The molecule has 0 saturated heterocycles. The number of aliphatic hydroxyl groups is 2. The summed E-state index contributed by atoms with van der Waals surface area (Å²) in [7, 11) is -4.07. The van der Waals surface area contributed by atoms with E-state index in [1.165, 1.54) is 12.1 Å². The Morgan fingerprint density at radius 3 is 2.41 bits per heavy atom. The molecule has 0 heterocycles. The minimum absolute atomic E-state index is 0.0900. The van der Waals surface area contributed by atoms with Gasteiger partial charge in [-0.3, -0.25) is 4.72 Å². The van der Waals surface area contributed by atoms with Crippen LogP contribution in [0.3, 0.4) is 0 Å². The molecule has 0 bridgehead atoms. The average molecular weight is 541 g/mol. The molecule has 1 fully saturated rings. The minimum Gasteiger partial charge on any atom is -0.394 e. The lowest BCUT2D eigenvalue weighted by molar-refractivity contribution is 0.0858. The Morgan fingerprint density at radius 2 is 1.83 bits per heavy atom. The maximum Gasteiger partial charge on any atom is 0.238 e. The second kappa shape index (κ2) is 8.40. The van der Waals surface area contributed by atoms with Crippen molar-refractivity contribution in [2.45, 2.75) is 36.5 Å². The minimum atomic E-state index is -4.07. The largest absolute Gasteiger partial charge is 0.394 e. The van der Waals surface area contributed by atoms with Crippen LogP contribution in [0.25, 0.3) is 0 Å². The highest BCUT2D eigenvalue weighted by Gasteiger charge is 2.55. The molecule has 0 spiro atoms. The van der Waals surface area contributed by atoms with E-state index < -0.39 is 44.9 Å². The van der Waals surface area contributed by atoms with Crippen LogP contribution >= 0.6 is 22.6 Å². The lowest BCUT2D eigenvalue weighted by Crippen LogP contribution is -2.34. The highest BCUT2D eigenvalue weighted by molar-refractivity contribution is 14.1. The van der Waals surface area contributed by atoms with Gasteiger partial charge in [0.1, 0.15) is 5.82 Å². The number of sulfonamides is 1. The van der Waals surface area contributed by atoms with Gasteiger partial charge in [-0.2, -0.15) is 0 Å². The molecule has 2 aromatic carbocycles. The third-order valence-corrected chi connectivity index (χ3v) is 7.89. The Balaban J connectivity index is 1.95. The van der Waals surface area contributed by atoms with Crippen LogP contribution < -0.4 is 4.72 Å². The van der Waals surface area contributed by atoms with Crippen LogP contribution in [-0.4, -0.2) is 36.1 Å². The van der Waals surface area contributed by atoms with Crippen molar-refractivity contribution in [3.05, 3.63) is 62.5 Å². The molecule has 3 N–H and O–H groups in total. The number of hydrogen-bond donors (Lipinski definition) is 3. The standard InChI is InChI=1S/C19H19F3INO4S/c20-15-3-4-17(24-29(27,28)19(5-6-19)9-13(26)10-25)14(18(15)22)7-11-1-2-12(23)8-16(11)21/h1-4,8,13,24-26H,5-7,9-10H2/t13-/m0/s1. The smallest absolute Gasteiger partial charge is 0.238 e. The Kier molecular flexibility index (Phi) is 6.47. The van der Waals surface area contributed by atoms with Crippen molar-refractivity contribution in [3.8, 4) is 0 Å². The first-order valence-electron chi connectivity index (χ1n) is 8.80. The van der Waals surface area contributed by atoms with Crippen molar-refractivity contribution in [3.63, 3.8) is 0 Å². The Bertz CT molecular complexity index is 1030. The lowest BCUT2D eigenvalue weighted by atomic mass is 10.0. The van der Waals surface area contributed by atoms with Crippen molar-refractivity contribution in [1.29, 1.82) is 0 Å². The van der Waals surface area contributed by atoms with Crippen molar-refractivity contribution in [2.24, 2.45) is 0 Å². The molecule has 29 heavy (non-hydrogen) atoms. The Morgan fingerprint density at radius 1 is 1.14 bits per heavy atom. The van der Waals surface area contributed by atoms with Gasteiger partial charge in [0.2, 0.25) is 10.0 Å². The fourth-order valence-corrected chi connectivity index (χ4v) is 5.39. The molecule has 1 aliphatic carbocycles. The number of halogens is 4. The molecule has 0 amide bonds. The maximum absolute atomic E-state index is 14.5. The molecule has 10 heteroatoms. The highest BCUT2D eigenvalue weighted by Crippen LogP contribution is 2.48. The van der Waals surface area contributed by atoms with E-state index in [9.17, 15) is 26.7 Å². The fraction of sp³-hybridized carbons (Fsp3) is 0.368. The van der Waals surface area contributed by atoms with Crippen LogP contribution in [0.15, 0.2) is 30.3 Å². The van der Waals surface area contributed by atoms with Gasteiger partial charge in [-0.1, -0.05) is 6.07 Å². The van der Waals surface area contributed by atoms with Crippen LogP contribution in [-0.2, 0) is 16.4 Å². The molecule has 1 saturated carbocycles. The van der Waals surface area contributed by atoms with Gasteiger partial charge in [-0.15, -0.1) is 0 Å². The first kappa shape index (κ1) is 22.3. The quantitative estimate of drug-likeness (QED) is 0.448. The topological polar surface area (TPSA) is 86.6 Å². The molecule has 0 aliphatic heterocycles. The summed E-state index contributed by atoms with van der Waals surface area (Å²) in [5, 5.41) is 18.7. The van der Waals surface area contributed by atoms with Crippen LogP contribution in [0.5, 0.6) is 0 Å². The highest BCUT2D eigenvalue weighted by atomic mass is 127. The van der Waals surface area contributed by atoms with E-state index >= 15 is 0 Å². The predicted octanol–water partition coefficient (Wildman–Crippen LogP) is 3.32. The molecule has 0 aromatic heterocycles. The zero-order valence-electron chi connectivity index (χ0n) is 15.1. The van der Waals surface area contributed by atoms with E-state index in [2.05, 4.69) is 4.72 Å². The molecule has 2 aromatic rings. The third-order valence-electron chi connectivity index (χ3n) is 5.02. The zero-order chi connectivity index (χ0) is 21.4. The van der Waals surface area contributed by atoms with Gasteiger partial charge < -0.3 is 10.2 Å². The number of aliphatic hydroxyl groups excluding tert-OH is 2. The number of rotatable bonds is 8. The van der Waals surface area contributed by atoms with Crippen molar-refractivity contribution >= 4 is 38.3 Å². The molecule has 3 rings (SSSR count). The molecule has 0 radical (unpaired) electrons. The third kappa shape index (κ3) is 4.70. The first-order chi connectivity index (χ1) is 13.6. The van der Waals surface area contributed by atoms with Crippen LogP contribution in [0.2, 0.25) is 0 Å². The van der Waals surface area contributed by atoms with Gasteiger partial charge in [-0.25, -0.2) is 21.6 Å². The van der Waals surface area contributed by atoms with Crippen LogP contribution in [0.1, 0.15) is 30.4 Å². The average Bonchev–Trinajstić information content (AvgIpc) is 3.44. The van der Waals surface area contributed by atoms with Gasteiger partial charge in [0.15, 0.2) is 11.6 Å². The number of hydrogen-bond acceptors (Lipinski definition) is 4. The number of benzene rings is 2. The summed E-state index contributed by atoms with van der Waals surface area (Å²) in [4.78, 5) is 0. The summed E-state index contributed by atoms with van der Waals surface area (Å²) in [6.07, 6.45) is -1.20. The van der Waals surface area contributed by atoms with Gasteiger partial charge in [0.05, 0.1) is 23.1 Å². The van der Waals surface area contributed by atoms with Gasteiger partial charge in [-0.05, 0) is 71.7 Å². The summed E-state index contributed by atoms with van der Waals surface area (Å²) >= 11 is 1.91. The van der Waals surface area contributed by atoms with E-state index in [4.69, 9.17) is 5.11 Å². The number of anilines is 1. The zero-order valence-corrected chi connectivity index (χ0v) is 18.1.